The van der Waals surface area contributed by atoms with E-state index < -0.39 is 0 Å². The second-order valence-corrected chi connectivity index (χ2v) is 3.82. The van der Waals surface area contributed by atoms with Crippen molar-refractivity contribution in [3.8, 4) is 0 Å². The van der Waals surface area contributed by atoms with Gasteiger partial charge in [0.15, 0.2) is 0 Å². The summed E-state index contributed by atoms with van der Waals surface area (Å²) in [6, 6.07) is 4.05. The van der Waals surface area contributed by atoms with E-state index >= 15 is 0 Å². The first kappa shape index (κ1) is 9.46. The third kappa shape index (κ3) is 2.04. The molecule has 1 saturated heterocycles. The van der Waals surface area contributed by atoms with Crippen molar-refractivity contribution < 1.29 is 0 Å². The van der Waals surface area contributed by atoms with Crippen molar-refractivity contribution in [3.63, 3.8) is 0 Å². The van der Waals surface area contributed by atoms with Crippen LogP contribution in [0.15, 0.2) is 24.5 Å². The second kappa shape index (κ2) is 4.42. The molecule has 3 nitrogen and oxygen atoms in total. The molecule has 0 radical (unpaired) electrons. The molecule has 0 bridgehead atoms. The number of nitrogens with two attached hydrogens (primary N) is 1. The summed E-state index contributed by atoms with van der Waals surface area (Å²) in [6.45, 7) is 1.06. The van der Waals surface area contributed by atoms with Gasteiger partial charge in [-0.3, -0.25) is 4.98 Å². The molecule has 1 atom stereocenters. The van der Waals surface area contributed by atoms with Crippen LogP contribution in [-0.2, 0) is 0 Å². The van der Waals surface area contributed by atoms with Gasteiger partial charge in [-0.1, -0.05) is 6.42 Å². The molecule has 0 amide bonds. The first-order valence-corrected chi connectivity index (χ1v) is 5.30. The van der Waals surface area contributed by atoms with Crippen LogP contribution in [0.2, 0.25) is 0 Å². The van der Waals surface area contributed by atoms with Gasteiger partial charge < -0.3 is 10.6 Å². The molecule has 0 saturated carbocycles. The number of hydrogen-bond donors (Lipinski definition) is 1. The van der Waals surface area contributed by atoms with Crippen molar-refractivity contribution in [3.05, 3.63) is 24.5 Å². The van der Waals surface area contributed by atoms with Gasteiger partial charge in [0, 0.05) is 12.7 Å². The quantitative estimate of drug-likeness (QED) is 0.735. The van der Waals surface area contributed by atoms with Crippen LogP contribution in [0.25, 0.3) is 0 Å². The van der Waals surface area contributed by atoms with Crippen LogP contribution >= 0.6 is 0 Å². The molecule has 76 valence electrons. The van der Waals surface area contributed by atoms with Crippen molar-refractivity contribution in [1.29, 1.82) is 0 Å². The summed E-state index contributed by atoms with van der Waals surface area (Å²) in [5.74, 6) is 0. The summed E-state index contributed by atoms with van der Waals surface area (Å²) in [4.78, 5) is 6.39. The van der Waals surface area contributed by atoms with Gasteiger partial charge in [0.1, 0.15) is 0 Å². The maximum Gasteiger partial charge on any atom is 0.0771 e. The molecule has 1 unspecified atom stereocenters. The normalized spacial score (nSPS) is 23.2. The summed E-state index contributed by atoms with van der Waals surface area (Å²) in [7, 11) is 0. The lowest BCUT2D eigenvalue weighted by molar-refractivity contribution is 0.592. The third-order valence-corrected chi connectivity index (χ3v) is 2.78. The number of anilines is 1. The molecule has 0 aromatic carbocycles. The fourth-order valence-electron chi connectivity index (χ4n) is 1.98. The molecule has 1 fully saturated rings. The molecule has 0 spiro atoms. The molecule has 1 aromatic heterocycles. The summed E-state index contributed by atoms with van der Waals surface area (Å²) in [5, 5.41) is 0. The highest BCUT2D eigenvalue weighted by atomic mass is 15.2. The highest BCUT2D eigenvalue weighted by Crippen LogP contribution is 2.20. The zero-order valence-corrected chi connectivity index (χ0v) is 8.39. The minimum Gasteiger partial charge on any atom is -0.355 e. The van der Waals surface area contributed by atoms with E-state index in [1.54, 1.807) is 6.20 Å². The van der Waals surface area contributed by atoms with E-state index in [4.69, 9.17) is 5.73 Å². The highest BCUT2D eigenvalue weighted by Gasteiger charge is 2.17. The molecule has 14 heavy (non-hydrogen) atoms. The zero-order valence-electron chi connectivity index (χ0n) is 8.39. The maximum absolute atomic E-state index is 6.11. The SMILES string of the molecule is NC1CCCCCN1c1cccnc1. The summed E-state index contributed by atoms with van der Waals surface area (Å²) in [6.07, 6.45) is 8.74. The standard InChI is InChI=1S/C11H17N3/c12-11-6-2-1-3-8-14(11)10-5-4-7-13-9-10/h4-5,7,9,11H,1-3,6,8,12H2. The first-order chi connectivity index (χ1) is 6.88. The minimum atomic E-state index is 0.168. The fourth-order valence-corrected chi connectivity index (χ4v) is 1.98. The third-order valence-electron chi connectivity index (χ3n) is 2.78. The van der Waals surface area contributed by atoms with Crippen LogP contribution < -0.4 is 10.6 Å². The van der Waals surface area contributed by atoms with E-state index in [1.807, 2.05) is 12.3 Å². The monoisotopic (exact) mass is 191 g/mol. The van der Waals surface area contributed by atoms with E-state index in [2.05, 4.69) is 16.0 Å². The molecule has 1 aliphatic rings. The van der Waals surface area contributed by atoms with Crippen molar-refractivity contribution in [2.75, 3.05) is 11.4 Å². The Hall–Kier alpha value is -1.09. The Kier molecular flexibility index (Phi) is 2.99. The van der Waals surface area contributed by atoms with E-state index in [1.165, 1.54) is 19.3 Å². The molecule has 3 heteroatoms. The Bertz CT molecular complexity index is 273. The molecule has 1 aromatic rings. The van der Waals surface area contributed by atoms with Gasteiger partial charge in [-0.2, -0.15) is 0 Å². The number of pyridine rings is 1. The van der Waals surface area contributed by atoms with Crippen molar-refractivity contribution >= 4 is 5.69 Å². The first-order valence-electron chi connectivity index (χ1n) is 5.30. The molecular weight excluding hydrogens is 174 g/mol. The summed E-state index contributed by atoms with van der Waals surface area (Å²) in [5.41, 5.74) is 7.26. The van der Waals surface area contributed by atoms with Gasteiger partial charge in [-0.05, 0) is 31.4 Å². The van der Waals surface area contributed by atoms with Gasteiger partial charge in [0.05, 0.1) is 18.1 Å². The minimum absolute atomic E-state index is 0.168. The van der Waals surface area contributed by atoms with Gasteiger partial charge in [-0.25, -0.2) is 0 Å². The molecule has 1 aliphatic heterocycles. The Labute approximate surface area is 84.9 Å². The summed E-state index contributed by atoms with van der Waals surface area (Å²) >= 11 is 0. The van der Waals surface area contributed by atoms with E-state index in [0.717, 1.165) is 18.7 Å². The Morgan fingerprint density at radius 3 is 3.07 bits per heavy atom. The lowest BCUT2D eigenvalue weighted by Gasteiger charge is -2.28. The van der Waals surface area contributed by atoms with Gasteiger partial charge in [0.2, 0.25) is 0 Å². The van der Waals surface area contributed by atoms with Crippen LogP contribution in [-0.4, -0.2) is 17.7 Å². The molecule has 2 rings (SSSR count). The molecule has 0 aliphatic carbocycles. The molecule has 2 heterocycles. The Morgan fingerprint density at radius 1 is 1.36 bits per heavy atom. The van der Waals surface area contributed by atoms with Crippen LogP contribution in [0.1, 0.15) is 25.7 Å². The summed E-state index contributed by atoms with van der Waals surface area (Å²) < 4.78 is 0. The maximum atomic E-state index is 6.11. The van der Waals surface area contributed by atoms with Crippen LogP contribution in [0.4, 0.5) is 5.69 Å². The van der Waals surface area contributed by atoms with Gasteiger partial charge in [0.25, 0.3) is 0 Å². The lowest BCUT2D eigenvalue weighted by atomic mass is 10.2. The second-order valence-electron chi connectivity index (χ2n) is 3.82. The average molecular weight is 191 g/mol. The van der Waals surface area contributed by atoms with Crippen molar-refractivity contribution in [2.24, 2.45) is 5.73 Å². The van der Waals surface area contributed by atoms with Crippen molar-refractivity contribution in [1.82, 2.24) is 4.98 Å². The fraction of sp³-hybridized carbons (Fsp3) is 0.545. The number of rotatable bonds is 1. The average Bonchev–Trinajstić information content (AvgIpc) is 2.44. The predicted molar refractivity (Wildman–Crippen MR) is 58.0 cm³/mol. The van der Waals surface area contributed by atoms with Crippen LogP contribution in [0.3, 0.4) is 0 Å². The van der Waals surface area contributed by atoms with Crippen molar-refractivity contribution in [2.45, 2.75) is 31.8 Å². The number of aromatic nitrogens is 1. The molecule has 2 N–H and O–H groups in total. The smallest absolute Gasteiger partial charge is 0.0771 e. The number of nitrogens with zero attached hydrogens (tertiary/aromatic N) is 2. The Morgan fingerprint density at radius 2 is 2.29 bits per heavy atom. The van der Waals surface area contributed by atoms with Gasteiger partial charge >= 0.3 is 0 Å². The largest absolute Gasteiger partial charge is 0.355 e. The van der Waals surface area contributed by atoms with Crippen LogP contribution in [0, 0.1) is 0 Å². The Balaban J connectivity index is 2.15. The van der Waals surface area contributed by atoms with Gasteiger partial charge in [-0.15, -0.1) is 0 Å². The zero-order chi connectivity index (χ0) is 9.80. The molecular formula is C11H17N3. The topological polar surface area (TPSA) is 42.1 Å². The van der Waals surface area contributed by atoms with Crippen LogP contribution in [0.5, 0.6) is 0 Å². The predicted octanol–water partition coefficient (Wildman–Crippen LogP) is 1.75. The van der Waals surface area contributed by atoms with E-state index in [-0.39, 0.29) is 6.17 Å². The number of hydrogen-bond acceptors (Lipinski definition) is 3. The lowest BCUT2D eigenvalue weighted by Crippen LogP contribution is -2.41. The van der Waals surface area contributed by atoms with E-state index in [0.29, 0.717) is 0 Å². The van der Waals surface area contributed by atoms with E-state index in [9.17, 15) is 0 Å². The highest BCUT2D eigenvalue weighted by molar-refractivity contribution is 5.44.